The maximum Gasteiger partial charge on any atom is 0.305 e. The lowest BCUT2D eigenvalue weighted by Crippen LogP contribution is -2.38. The minimum atomic E-state index is -0.461. The number of benzene rings is 3. The first-order chi connectivity index (χ1) is 18.4. The van der Waals surface area contributed by atoms with Crippen LogP contribution in [0.5, 0.6) is 0 Å². The molecule has 0 aromatic heterocycles. The summed E-state index contributed by atoms with van der Waals surface area (Å²) in [5.41, 5.74) is 9.25. The zero-order chi connectivity index (χ0) is 26.5. The van der Waals surface area contributed by atoms with E-state index in [0.29, 0.717) is 24.9 Å². The van der Waals surface area contributed by atoms with Crippen molar-refractivity contribution in [3.05, 3.63) is 101 Å². The molecule has 2 unspecified atom stereocenters. The van der Waals surface area contributed by atoms with Gasteiger partial charge in [0.25, 0.3) is 0 Å². The average molecular weight is 520 g/mol. The van der Waals surface area contributed by atoms with E-state index in [4.69, 9.17) is 15.2 Å². The number of carbonyl (C=O) groups is 1. The van der Waals surface area contributed by atoms with Crippen molar-refractivity contribution in [3.63, 3.8) is 0 Å². The molecule has 2 bridgehead atoms. The Hall–Kier alpha value is -3.25. The van der Waals surface area contributed by atoms with Gasteiger partial charge in [0.2, 0.25) is 0 Å². The summed E-state index contributed by atoms with van der Waals surface area (Å²) in [5, 5.41) is 0. The molecule has 6 heteroatoms. The van der Waals surface area contributed by atoms with E-state index < -0.39 is 6.10 Å². The van der Waals surface area contributed by atoms with Crippen molar-refractivity contribution >= 4 is 11.7 Å². The maximum absolute atomic E-state index is 13.7. The highest BCUT2D eigenvalue weighted by molar-refractivity contribution is 5.69. The van der Waals surface area contributed by atoms with Gasteiger partial charge < -0.3 is 15.2 Å². The van der Waals surface area contributed by atoms with Crippen LogP contribution in [0.4, 0.5) is 14.5 Å². The predicted molar refractivity (Wildman–Crippen MR) is 143 cm³/mol. The van der Waals surface area contributed by atoms with Gasteiger partial charge in [-0.25, -0.2) is 8.78 Å². The minimum Gasteiger partial charge on any atom is -0.465 e. The number of rotatable bonds is 10. The summed E-state index contributed by atoms with van der Waals surface area (Å²) in [4.78, 5) is 12.6. The lowest BCUT2D eigenvalue weighted by Gasteiger charge is -2.38. The number of fused-ring (bicyclic) bond motifs is 2. The standard InChI is InChI=1S/C32H35F2NO3/c33-26-12-8-23(9-13-26)32(24-10-14-27(34)15-11-24)38-30-19-22-4-7-25(18-22)29(30)20-37-31(36)3-1-2-21-5-16-28(35)17-6-21/h5-6,8-17,22,25,29-30,32H,1-4,7,18-20,35H2/t22?,25?,29-,30+/m1/s1. The third-order valence-electron chi connectivity index (χ3n) is 8.15. The van der Waals surface area contributed by atoms with Gasteiger partial charge in [0.1, 0.15) is 17.7 Å². The number of nitrogens with two attached hydrogens (primary N) is 1. The quantitative estimate of drug-likeness (QED) is 0.231. The van der Waals surface area contributed by atoms with E-state index in [-0.39, 0.29) is 29.6 Å². The minimum absolute atomic E-state index is 0.0956. The van der Waals surface area contributed by atoms with Crippen molar-refractivity contribution in [2.45, 2.75) is 57.2 Å². The molecule has 0 amide bonds. The first kappa shape index (κ1) is 26.4. The number of anilines is 1. The third kappa shape index (κ3) is 6.60. The topological polar surface area (TPSA) is 61.6 Å². The van der Waals surface area contributed by atoms with Gasteiger partial charge >= 0.3 is 5.97 Å². The lowest BCUT2D eigenvalue weighted by molar-refractivity contribution is -0.150. The Morgan fingerprint density at radius 3 is 2.13 bits per heavy atom. The molecule has 38 heavy (non-hydrogen) atoms. The van der Waals surface area contributed by atoms with Gasteiger partial charge in [0.15, 0.2) is 0 Å². The van der Waals surface area contributed by atoms with Gasteiger partial charge in [-0.1, -0.05) is 42.8 Å². The molecule has 5 rings (SSSR count). The average Bonchev–Trinajstić information content (AvgIpc) is 3.31. The van der Waals surface area contributed by atoms with Gasteiger partial charge in [-0.15, -0.1) is 0 Å². The van der Waals surface area contributed by atoms with Crippen molar-refractivity contribution in [1.29, 1.82) is 0 Å². The van der Waals surface area contributed by atoms with Gasteiger partial charge in [-0.2, -0.15) is 0 Å². The van der Waals surface area contributed by atoms with E-state index in [1.807, 2.05) is 24.3 Å². The number of nitrogen functional groups attached to an aromatic ring is 1. The van der Waals surface area contributed by atoms with Crippen molar-refractivity contribution in [3.8, 4) is 0 Å². The summed E-state index contributed by atoms with van der Waals surface area (Å²) in [5.74, 6) is 0.320. The molecule has 2 fully saturated rings. The second-order valence-electron chi connectivity index (χ2n) is 10.8. The van der Waals surface area contributed by atoms with Gasteiger partial charge in [0, 0.05) is 18.0 Å². The van der Waals surface area contributed by atoms with E-state index in [0.717, 1.165) is 60.9 Å². The summed E-state index contributed by atoms with van der Waals surface area (Å²) in [6.07, 6.45) is 5.62. The summed E-state index contributed by atoms with van der Waals surface area (Å²) in [6, 6.07) is 20.3. The van der Waals surface area contributed by atoms with Crippen molar-refractivity contribution in [1.82, 2.24) is 0 Å². The van der Waals surface area contributed by atoms with Crippen molar-refractivity contribution < 1.29 is 23.0 Å². The molecule has 0 aliphatic heterocycles. The van der Waals surface area contributed by atoms with Crippen LogP contribution in [-0.4, -0.2) is 18.7 Å². The van der Waals surface area contributed by atoms with E-state index in [2.05, 4.69) is 0 Å². The second-order valence-corrected chi connectivity index (χ2v) is 10.8. The van der Waals surface area contributed by atoms with Crippen molar-refractivity contribution in [2.24, 2.45) is 17.8 Å². The lowest BCUT2D eigenvalue weighted by atomic mass is 9.78. The highest BCUT2D eigenvalue weighted by Gasteiger charge is 2.44. The number of carbonyl (C=O) groups excluding carboxylic acids is 1. The van der Waals surface area contributed by atoms with Crippen LogP contribution in [0.2, 0.25) is 0 Å². The molecule has 200 valence electrons. The molecule has 3 aromatic carbocycles. The molecule has 4 nitrogen and oxygen atoms in total. The van der Waals surface area contributed by atoms with E-state index in [1.54, 1.807) is 24.3 Å². The molecule has 0 radical (unpaired) electrons. The van der Waals surface area contributed by atoms with Gasteiger partial charge in [-0.3, -0.25) is 4.79 Å². The monoisotopic (exact) mass is 519 g/mol. The van der Waals surface area contributed by atoms with E-state index in [1.165, 1.54) is 24.3 Å². The molecule has 0 heterocycles. The number of hydrogen-bond acceptors (Lipinski definition) is 4. The van der Waals surface area contributed by atoms with Crippen LogP contribution in [0.25, 0.3) is 0 Å². The first-order valence-electron chi connectivity index (χ1n) is 13.6. The molecular weight excluding hydrogens is 484 g/mol. The van der Waals surface area contributed by atoms with E-state index >= 15 is 0 Å². The number of aryl methyl sites for hydroxylation is 1. The van der Waals surface area contributed by atoms with Crippen LogP contribution in [-0.2, 0) is 20.7 Å². The van der Waals surface area contributed by atoms with Crippen LogP contribution in [0.1, 0.15) is 61.3 Å². The zero-order valence-corrected chi connectivity index (χ0v) is 21.5. The number of ether oxygens (including phenoxy) is 2. The fourth-order valence-electron chi connectivity index (χ4n) is 6.11. The van der Waals surface area contributed by atoms with Crippen molar-refractivity contribution in [2.75, 3.05) is 12.3 Å². The molecule has 4 atom stereocenters. The van der Waals surface area contributed by atoms with E-state index in [9.17, 15) is 13.6 Å². The molecule has 2 aliphatic rings. The molecule has 2 aliphatic carbocycles. The summed E-state index contributed by atoms with van der Waals surface area (Å²) in [7, 11) is 0. The Labute approximate surface area is 223 Å². The SMILES string of the molecule is Nc1ccc(CCCC(=O)OC[C@@H]2C3CCC(C3)C[C@@H]2OC(c2ccc(F)cc2)c2ccc(F)cc2)cc1. The third-order valence-corrected chi connectivity index (χ3v) is 8.15. The Morgan fingerprint density at radius 2 is 1.50 bits per heavy atom. The Balaban J connectivity index is 1.24. The fourth-order valence-corrected chi connectivity index (χ4v) is 6.11. The summed E-state index contributed by atoms with van der Waals surface area (Å²) in [6.45, 7) is 0.336. The van der Waals surface area contributed by atoms with Gasteiger partial charge in [-0.05, 0) is 97.0 Å². The summed E-state index contributed by atoms with van der Waals surface area (Å²) >= 11 is 0. The maximum atomic E-state index is 13.7. The van der Waals surface area contributed by atoms with Crippen LogP contribution in [0.15, 0.2) is 72.8 Å². The normalized spacial score (nSPS) is 22.5. The first-order valence-corrected chi connectivity index (χ1v) is 13.6. The van der Waals surface area contributed by atoms with Crippen LogP contribution >= 0.6 is 0 Å². The fraction of sp³-hybridized carbons (Fsp3) is 0.406. The Morgan fingerprint density at radius 1 is 0.868 bits per heavy atom. The molecule has 0 saturated heterocycles. The molecular formula is C32H35F2NO3. The largest absolute Gasteiger partial charge is 0.465 e. The molecule has 2 N–H and O–H groups in total. The number of esters is 1. The zero-order valence-electron chi connectivity index (χ0n) is 21.5. The molecule has 2 saturated carbocycles. The highest BCUT2D eigenvalue weighted by Crippen LogP contribution is 2.48. The summed E-state index contributed by atoms with van der Waals surface area (Å²) < 4.78 is 39.9. The Bertz CT molecular complexity index is 1150. The van der Waals surface area contributed by atoms with Crippen LogP contribution < -0.4 is 5.73 Å². The van der Waals surface area contributed by atoms with Crippen LogP contribution in [0.3, 0.4) is 0 Å². The number of hydrogen-bond donors (Lipinski definition) is 1. The Kier molecular flexibility index (Phi) is 8.38. The highest BCUT2D eigenvalue weighted by atomic mass is 19.1. The predicted octanol–water partition coefficient (Wildman–Crippen LogP) is 7.02. The smallest absolute Gasteiger partial charge is 0.305 e. The molecule has 0 spiro atoms. The van der Waals surface area contributed by atoms with Gasteiger partial charge in [0.05, 0.1) is 12.7 Å². The number of halogens is 2. The molecule has 3 aromatic rings. The van der Waals surface area contributed by atoms with Crippen LogP contribution in [0, 0.1) is 29.4 Å². The second kappa shape index (κ2) is 12.1.